The summed E-state index contributed by atoms with van der Waals surface area (Å²) in [6.45, 7) is 0. The molecule has 6 heteroatoms. The summed E-state index contributed by atoms with van der Waals surface area (Å²) in [7, 11) is 2.76. The molecule has 1 heterocycles. The first-order chi connectivity index (χ1) is 6.32. The van der Waals surface area contributed by atoms with Crippen molar-refractivity contribution in [2.75, 3.05) is 14.1 Å². The molecule has 1 aromatic heterocycles. The van der Waals surface area contributed by atoms with Gasteiger partial charge in [-0.25, -0.2) is 4.98 Å². The highest BCUT2D eigenvalue weighted by atomic mass is 35.5. The van der Waals surface area contributed by atoms with E-state index in [-0.39, 0.29) is 16.4 Å². The summed E-state index contributed by atoms with van der Waals surface area (Å²) in [4.78, 5) is 14.5. The molecule has 0 saturated heterocycles. The molecule has 4 nitrogen and oxygen atoms in total. The normalized spacial score (nSPS) is 11.5. The van der Waals surface area contributed by atoms with E-state index < -0.39 is 9.89 Å². The molecule has 0 aliphatic carbocycles. The van der Waals surface area contributed by atoms with Gasteiger partial charge in [0, 0.05) is 12.3 Å². The lowest BCUT2D eigenvalue weighted by Crippen LogP contribution is -2.33. The summed E-state index contributed by atoms with van der Waals surface area (Å²) >= 11 is 11.0. The molecule has 14 heavy (non-hydrogen) atoms. The Morgan fingerprint density at radius 2 is 2.14 bits per heavy atom. The largest absolute Gasteiger partial charge is 0.628 e. The molecule has 0 fully saturated rings. The van der Waals surface area contributed by atoms with Gasteiger partial charge < -0.3 is 9.85 Å². The monoisotopic (exact) mass is 234 g/mol. The zero-order valence-electron chi connectivity index (χ0n) is 7.62. The maximum absolute atomic E-state index is 11.6. The lowest BCUT2D eigenvalue weighted by atomic mass is 10.3. The third-order valence-corrected chi connectivity index (χ3v) is 2.14. The Labute approximate surface area is 91.2 Å². The Kier molecular flexibility index (Phi) is 3.11. The lowest BCUT2D eigenvalue weighted by Gasteiger charge is -2.33. The van der Waals surface area contributed by atoms with E-state index in [9.17, 15) is 10.0 Å². The molecule has 1 rings (SSSR count). The number of pyridine rings is 1. The fraction of sp³-hybridized carbons (Fsp3) is 0.250. The quantitative estimate of drug-likeness (QED) is 0.341. The van der Waals surface area contributed by atoms with Crippen LogP contribution >= 0.6 is 23.2 Å². The average Bonchev–Trinajstić information content (AvgIpc) is 2.02. The van der Waals surface area contributed by atoms with Crippen LogP contribution in [0.5, 0.6) is 0 Å². The fourth-order valence-corrected chi connectivity index (χ4v) is 1.33. The Morgan fingerprint density at radius 3 is 2.57 bits per heavy atom. The number of carbonyl (C=O) groups is 1. The summed E-state index contributed by atoms with van der Waals surface area (Å²) in [5.41, 5.74) is 0.367. The molecule has 0 N–H and O–H groups in total. The van der Waals surface area contributed by atoms with Crippen molar-refractivity contribution in [3.05, 3.63) is 28.2 Å². The van der Waals surface area contributed by atoms with Gasteiger partial charge in [-0.3, -0.25) is 4.79 Å². The highest BCUT2D eigenvalue weighted by molar-refractivity contribution is 6.67. The first-order valence-electron chi connectivity index (χ1n) is 3.73. The summed E-state index contributed by atoms with van der Waals surface area (Å²) < 4.78 is -0.760. The van der Waals surface area contributed by atoms with E-state index in [2.05, 4.69) is 4.98 Å². The van der Waals surface area contributed by atoms with Crippen LogP contribution in [0.3, 0.4) is 0 Å². The second kappa shape index (κ2) is 3.82. The van der Waals surface area contributed by atoms with Crippen LogP contribution in [0.4, 0.5) is 5.69 Å². The number of rotatable bonds is 2. The van der Waals surface area contributed by atoms with Crippen molar-refractivity contribution in [3.8, 4) is 0 Å². The number of hydroxylamine groups is 2. The van der Waals surface area contributed by atoms with Gasteiger partial charge in [-0.2, -0.15) is 0 Å². The van der Waals surface area contributed by atoms with Gasteiger partial charge in [0.15, 0.2) is 10.8 Å². The topological polar surface area (TPSA) is 53.0 Å². The van der Waals surface area contributed by atoms with Gasteiger partial charge in [-0.15, -0.1) is 0 Å². The summed E-state index contributed by atoms with van der Waals surface area (Å²) in [6.07, 6.45) is 1.23. The maximum atomic E-state index is 11.6. The fourth-order valence-electron chi connectivity index (χ4n) is 0.922. The Bertz CT molecular complexity index is 374. The van der Waals surface area contributed by atoms with E-state index in [0.717, 1.165) is 0 Å². The van der Waals surface area contributed by atoms with Crippen LogP contribution in [0, 0.1) is 5.21 Å². The van der Waals surface area contributed by atoms with Crippen molar-refractivity contribution in [3.63, 3.8) is 0 Å². The Morgan fingerprint density at radius 1 is 1.57 bits per heavy atom. The van der Waals surface area contributed by atoms with Gasteiger partial charge in [-0.05, 0) is 11.6 Å². The summed E-state index contributed by atoms with van der Waals surface area (Å²) in [5, 5.41) is 11.0. The molecule has 0 bridgehead atoms. The minimum Gasteiger partial charge on any atom is -0.628 e. The number of aromatic nitrogens is 1. The third kappa shape index (κ3) is 2.42. The average molecular weight is 235 g/mol. The smallest absolute Gasteiger partial charge is 0.254 e. The minimum atomic E-state index is -0.760. The van der Waals surface area contributed by atoms with Crippen molar-refractivity contribution < 1.29 is 4.79 Å². The standard InChI is InChI=1S/C8H8Cl2N2O2/c1-12(2,14)6-3-5(8(10)13)4-11-7(6)9/h3-4H,1-2H3. The third-order valence-electron chi connectivity index (χ3n) is 1.63. The van der Waals surface area contributed by atoms with Crippen molar-refractivity contribution in [1.82, 2.24) is 9.63 Å². The van der Waals surface area contributed by atoms with Crippen molar-refractivity contribution in [2.45, 2.75) is 0 Å². The van der Waals surface area contributed by atoms with E-state index in [1.54, 1.807) is 0 Å². The van der Waals surface area contributed by atoms with Gasteiger partial charge in [0.1, 0.15) is 0 Å². The molecule has 0 aliphatic rings. The number of quaternary nitrogens is 1. The zero-order valence-corrected chi connectivity index (χ0v) is 9.13. The number of hydrogen-bond donors (Lipinski definition) is 0. The van der Waals surface area contributed by atoms with Crippen LogP contribution in [0.1, 0.15) is 10.4 Å². The van der Waals surface area contributed by atoms with Gasteiger partial charge in [-0.1, -0.05) is 11.6 Å². The van der Waals surface area contributed by atoms with Gasteiger partial charge in [0.25, 0.3) is 5.24 Å². The number of carbonyl (C=O) groups excluding carboxylic acids is 1. The number of nitrogens with zero attached hydrogens (tertiary/aromatic N) is 2. The van der Waals surface area contributed by atoms with Gasteiger partial charge >= 0.3 is 0 Å². The Balaban J connectivity index is 3.29. The van der Waals surface area contributed by atoms with Crippen LogP contribution in [-0.2, 0) is 0 Å². The highest BCUT2D eigenvalue weighted by Gasteiger charge is 2.16. The molecule has 76 valence electrons. The molecular formula is C8H8Cl2N2O2. The second-order valence-electron chi connectivity index (χ2n) is 3.16. The second-order valence-corrected chi connectivity index (χ2v) is 3.86. The summed E-state index contributed by atoms with van der Waals surface area (Å²) in [5.74, 6) is 0. The molecular weight excluding hydrogens is 227 g/mol. The lowest BCUT2D eigenvalue weighted by molar-refractivity contribution is 0.108. The molecule has 0 saturated carbocycles. The predicted molar refractivity (Wildman–Crippen MR) is 56.4 cm³/mol. The number of halogens is 2. The maximum Gasteiger partial charge on any atom is 0.254 e. The molecule has 0 aliphatic heterocycles. The van der Waals surface area contributed by atoms with Crippen LogP contribution in [0.2, 0.25) is 5.15 Å². The van der Waals surface area contributed by atoms with E-state index in [0.29, 0.717) is 0 Å². The SMILES string of the molecule is C[N+](C)([O-])c1cc(C(=O)Cl)cnc1Cl. The molecule has 1 aromatic rings. The summed E-state index contributed by atoms with van der Waals surface area (Å²) in [6, 6.07) is 1.34. The van der Waals surface area contributed by atoms with Crippen molar-refractivity contribution >= 4 is 34.1 Å². The molecule has 0 spiro atoms. The van der Waals surface area contributed by atoms with Crippen LogP contribution < -0.4 is 4.65 Å². The Hall–Kier alpha value is -0.680. The van der Waals surface area contributed by atoms with Crippen LogP contribution in [0.25, 0.3) is 0 Å². The molecule has 0 aromatic carbocycles. The first-order valence-corrected chi connectivity index (χ1v) is 4.49. The zero-order chi connectivity index (χ0) is 10.9. The predicted octanol–water partition coefficient (Wildman–Crippen LogP) is 2.18. The molecule has 0 radical (unpaired) electrons. The molecule has 0 amide bonds. The van der Waals surface area contributed by atoms with Crippen molar-refractivity contribution in [2.24, 2.45) is 0 Å². The van der Waals surface area contributed by atoms with E-state index in [1.165, 1.54) is 26.4 Å². The van der Waals surface area contributed by atoms with E-state index in [1.807, 2.05) is 0 Å². The first kappa shape index (κ1) is 11.4. The molecule has 0 atom stereocenters. The van der Waals surface area contributed by atoms with Crippen molar-refractivity contribution in [1.29, 1.82) is 0 Å². The van der Waals surface area contributed by atoms with Gasteiger partial charge in [0.05, 0.1) is 19.7 Å². The van der Waals surface area contributed by atoms with Crippen LogP contribution in [-0.4, -0.2) is 24.3 Å². The highest BCUT2D eigenvalue weighted by Crippen LogP contribution is 2.27. The number of hydrogen-bond acceptors (Lipinski definition) is 3. The van der Waals surface area contributed by atoms with E-state index >= 15 is 0 Å². The van der Waals surface area contributed by atoms with E-state index in [4.69, 9.17) is 23.2 Å². The molecule has 0 unspecified atom stereocenters. The minimum absolute atomic E-state index is 0.0756. The van der Waals surface area contributed by atoms with Gasteiger partial charge in [0.2, 0.25) is 0 Å². The van der Waals surface area contributed by atoms with Crippen LogP contribution in [0.15, 0.2) is 12.3 Å².